The van der Waals surface area contributed by atoms with Crippen molar-refractivity contribution in [2.75, 3.05) is 0 Å². The zero-order chi connectivity index (χ0) is 15.5. The maximum Gasteiger partial charge on any atom is 0.240 e. The van der Waals surface area contributed by atoms with Crippen LogP contribution in [0.1, 0.15) is 22.2 Å². The van der Waals surface area contributed by atoms with Crippen molar-refractivity contribution in [1.82, 2.24) is 4.72 Å². The van der Waals surface area contributed by atoms with E-state index in [4.69, 9.17) is 18.0 Å². The molecule has 1 aromatic carbocycles. The van der Waals surface area contributed by atoms with Crippen LogP contribution in [0.15, 0.2) is 41.3 Å². The van der Waals surface area contributed by atoms with Gasteiger partial charge < -0.3 is 5.73 Å². The predicted molar refractivity (Wildman–Crippen MR) is 90.1 cm³/mol. The van der Waals surface area contributed by atoms with Gasteiger partial charge in [-0.2, -0.15) is 0 Å². The predicted octanol–water partition coefficient (Wildman–Crippen LogP) is 2.42. The Morgan fingerprint density at radius 3 is 2.33 bits per heavy atom. The van der Waals surface area contributed by atoms with Gasteiger partial charge >= 0.3 is 0 Å². The van der Waals surface area contributed by atoms with E-state index in [2.05, 4.69) is 11.6 Å². The first kappa shape index (κ1) is 16.1. The Balaban J connectivity index is 2.09. The first-order valence-electron chi connectivity index (χ1n) is 6.39. The van der Waals surface area contributed by atoms with Crippen LogP contribution in [-0.4, -0.2) is 13.4 Å². The van der Waals surface area contributed by atoms with Crippen molar-refractivity contribution in [3.8, 4) is 0 Å². The number of aryl methyl sites for hydroxylation is 1. The molecule has 7 heteroatoms. The molecule has 0 aliphatic heterocycles. The molecule has 4 nitrogen and oxygen atoms in total. The number of thiophene rings is 1. The molecule has 0 saturated heterocycles. The fraction of sp³-hybridized carbons (Fsp3) is 0.214. The van der Waals surface area contributed by atoms with Gasteiger partial charge in [0.05, 0.1) is 4.90 Å². The van der Waals surface area contributed by atoms with Crippen LogP contribution in [0.2, 0.25) is 0 Å². The summed E-state index contributed by atoms with van der Waals surface area (Å²) >= 11 is 6.46. The third kappa shape index (κ3) is 4.10. The lowest BCUT2D eigenvalue weighted by Gasteiger charge is -2.06. The van der Waals surface area contributed by atoms with Crippen LogP contribution in [0.5, 0.6) is 0 Å². The van der Waals surface area contributed by atoms with Crippen molar-refractivity contribution >= 4 is 38.6 Å². The summed E-state index contributed by atoms with van der Waals surface area (Å²) < 4.78 is 27.0. The summed E-state index contributed by atoms with van der Waals surface area (Å²) in [7, 11) is -3.53. The molecule has 3 N–H and O–H groups in total. The van der Waals surface area contributed by atoms with E-state index in [1.54, 1.807) is 23.5 Å². The molecular weight excluding hydrogens is 324 g/mol. The molecule has 0 amide bonds. The normalized spacial score (nSPS) is 11.5. The highest BCUT2D eigenvalue weighted by Gasteiger charge is 2.14. The summed E-state index contributed by atoms with van der Waals surface area (Å²) in [5.74, 6) is 0. The number of nitrogens with one attached hydrogen (secondary N) is 1. The van der Waals surface area contributed by atoms with Crippen LogP contribution >= 0.6 is 23.6 Å². The molecule has 0 unspecified atom stereocenters. The Labute approximate surface area is 134 Å². The van der Waals surface area contributed by atoms with Crippen molar-refractivity contribution in [2.24, 2.45) is 5.73 Å². The minimum absolute atomic E-state index is 0.203. The molecule has 2 aromatic rings. The second kappa shape index (κ2) is 6.65. The Morgan fingerprint density at radius 2 is 1.81 bits per heavy atom. The zero-order valence-corrected chi connectivity index (χ0v) is 13.9. The van der Waals surface area contributed by atoms with E-state index in [0.29, 0.717) is 12.1 Å². The summed E-state index contributed by atoms with van der Waals surface area (Å²) in [6.07, 6.45) is 0.956. The maximum atomic E-state index is 12.2. The third-order valence-electron chi connectivity index (χ3n) is 2.95. The van der Waals surface area contributed by atoms with Crippen molar-refractivity contribution in [2.45, 2.75) is 24.8 Å². The van der Waals surface area contributed by atoms with Crippen molar-refractivity contribution < 1.29 is 8.42 Å². The van der Waals surface area contributed by atoms with Gasteiger partial charge in [-0.05, 0) is 30.7 Å². The average Bonchev–Trinajstić information content (AvgIpc) is 2.93. The first-order chi connectivity index (χ1) is 9.92. The van der Waals surface area contributed by atoms with Crippen LogP contribution in [0, 0.1) is 0 Å². The van der Waals surface area contributed by atoms with E-state index in [0.717, 1.165) is 11.3 Å². The monoisotopic (exact) mass is 340 g/mol. The molecule has 0 aliphatic carbocycles. The largest absolute Gasteiger partial charge is 0.389 e. The molecule has 1 heterocycles. The number of nitrogens with two attached hydrogens (primary N) is 1. The standard InChI is InChI=1S/C14H16N2O2S3/c1-2-11-5-6-12(20-11)9-16-21(17,18)13-7-3-10(4-8-13)14(15)19/h3-8,16H,2,9H2,1H3,(H2,15,19). The number of sulfonamides is 1. The van der Waals surface area contributed by atoms with Crippen LogP contribution in [0.4, 0.5) is 0 Å². The molecule has 0 atom stereocenters. The highest BCUT2D eigenvalue weighted by Crippen LogP contribution is 2.18. The number of thiocarbonyl (C=S) groups is 1. The van der Waals surface area contributed by atoms with E-state index < -0.39 is 10.0 Å². The summed E-state index contributed by atoms with van der Waals surface area (Å²) in [6, 6.07) is 10.2. The van der Waals surface area contributed by atoms with Crippen molar-refractivity contribution in [3.05, 3.63) is 51.7 Å². The van der Waals surface area contributed by atoms with Gasteiger partial charge in [0.2, 0.25) is 10.0 Å². The molecule has 112 valence electrons. The second-order valence-electron chi connectivity index (χ2n) is 4.43. The lowest BCUT2D eigenvalue weighted by Crippen LogP contribution is -2.23. The first-order valence-corrected chi connectivity index (χ1v) is 9.10. The average molecular weight is 340 g/mol. The molecule has 0 spiro atoms. The van der Waals surface area contributed by atoms with E-state index >= 15 is 0 Å². The number of benzene rings is 1. The number of rotatable bonds is 6. The summed E-state index contributed by atoms with van der Waals surface area (Å²) in [5.41, 5.74) is 6.14. The molecule has 2 rings (SSSR count). The van der Waals surface area contributed by atoms with E-state index in [1.807, 2.05) is 12.1 Å². The van der Waals surface area contributed by atoms with Crippen LogP contribution < -0.4 is 10.5 Å². The molecule has 0 bridgehead atoms. The van der Waals surface area contributed by atoms with Gasteiger partial charge in [0, 0.05) is 21.9 Å². The van der Waals surface area contributed by atoms with E-state index in [1.165, 1.54) is 17.0 Å². The Bertz CT molecular complexity index is 734. The third-order valence-corrected chi connectivity index (χ3v) is 5.83. The molecular formula is C14H16N2O2S3. The van der Waals surface area contributed by atoms with Gasteiger partial charge in [-0.3, -0.25) is 0 Å². The maximum absolute atomic E-state index is 12.2. The minimum atomic E-state index is -3.53. The van der Waals surface area contributed by atoms with Crippen LogP contribution in [-0.2, 0) is 23.0 Å². The number of hydrogen-bond donors (Lipinski definition) is 2. The van der Waals surface area contributed by atoms with Gasteiger partial charge in [-0.1, -0.05) is 31.3 Å². The Kier molecular flexibility index (Phi) is 5.10. The molecule has 0 radical (unpaired) electrons. The Morgan fingerprint density at radius 1 is 1.19 bits per heavy atom. The highest BCUT2D eigenvalue weighted by molar-refractivity contribution is 7.89. The highest BCUT2D eigenvalue weighted by atomic mass is 32.2. The van der Waals surface area contributed by atoms with Gasteiger partial charge in [0.15, 0.2) is 0 Å². The SMILES string of the molecule is CCc1ccc(CNS(=O)(=O)c2ccc(C(N)=S)cc2)s1. The zero-order valence-electron chi connectivity index (χ0n) is 11.5. The summed E-state index contributed by atoms with van der Waals surface area (Å²) in [4.78, 5) is 2.69. The molecule has 21 heavy (non-hydrogen) atoms. The van der Waals surface area contributed by atoms with Gasteiger partial charge in [-0.25, -0.2) is 13.1 Å². The molecule has 1 aromatic heterocycles. The number of hydrogen-bond acceptors (Lipinski definition) is 4. The smallest absolute Gasteiger partial charge is 0.240 e. The Hall–Kier alpha value is -1.28. The summed E-state index contributed by atoms with van der Waals surface area (Å²) in [5, 5.41) is 0. The molecule has 0 saturated carbocycles. The van der Waals surface area contributed by atoms with Gasteiger partial charge in [0.25, 0.3) is 0 Å². The van der Waals surface area contributed by atoms with Crippen molar-refractivity contribution in [3.63, 3.8) is 0 Å². The van der Waals surface area contributed by atoms with E-state index in [9.17, 15) is 8.42 Å². The second-order valence-corrected chi connectivity index (χ2v) is 7.89. The molecule has 0 fully saturated rings. The fourth-order valence-electron chi connectivity index (χ4n) is 1.76. The van der Waals surface area contributed by atoms with Crippen molar-refractivity contribution in [1.29, 1.82) is 0 Å². The van der Waals surface area contributed by atoms with Gasteiger partial charge in [0.1, 0.15) is 4.99 Å². The lowest BCUT2D eigenvalue weighted by atomic mass is 10.2. The fourth-order valence-corrected chi connectivity index (χ4v) is 3.89. The minimum Gasteiger partial charge on any atom is -0.389 e. The van der Waals surface area contributed by atoms with Gasteiger partial charge in [-0.15, -0.1) is 11.3 Å². The quantitative estimate of drug-likeness (QED) is 0.792. The topological polar surface area (TPSA) is 72.2 Å². The lowest BCUT2D eigenvalue weighted by molar-refractivity contribution is 0.582. The summed E-state index contributed by atoms with van der Waals surface area (Å²) in [6.45, 7) is 2.37. The molecule has 0 aliphatic rings. The van der Waals surface area contributed by atoms with Crippen LogP contribution in [0.25, 0.3) is 0 Å². The van der Waals surface area contributed by atoms with Crippen LogP contribution in [0.3, 0.4) is 0 Å². The van der Waals surface area contributed by atoms with E-state index in [-0.39, 0.29) is 9.88 Å².